The summed E-state index contributed by atoms with van der Waals surface area (Å²) in [7, 11) is 0. The molecule has 4 aliphatic rings. The number of aromatic nitrogens is 3. The molecule has 6 bridgehead atoms. The molecule has 0 unspecified atom stereocenters. The highest BCUT2D eigenvalue weighted by molar-refractivity contribution is 6.53. The second kappa shape index (κ2) is 10.2. The zero-order valence-electron chi connectivity index (χ0n) is 26.0. The van der Waals surface area contributed by atoms with Gasteiger partial charge in [-0.2, -0.15) is 0 Å². The predicted octanol–water partition coefficient (Wildman–Crippen LogP) is 5.17. The van der Waals surface area contributed by atoms with Crippen molar-refractivity contribution in [3.8, 4) is 0 Å². The molecule has 0 radical (unpaired) electrons. The summed E-state index contributed by atoms with van der Waals surface area (Å²) in [5.74, 6) is 2.71. The lowest BCUT2D eigenvalue weighted by Crippen LogP contribution is -2.49. The molecule has 4 aromatic carbocycles. The van der Waals surface area contributed by atoms with Crippen molar-refractivity contribution >= 4 is 77.4 Å². The SMILES string of the molecule is O=C([O][Al]1[n]2c3c4ccccc4c2N=C2N=C(N=c4c5ccccc5c([n]41)=NC1=NC(=N3)c3ccccc31)c1ccccc12)c1ccncc1. The zero-order chi connectivity index (χ0) is 32.9. The van der Waals surface area contributed by atoms with Crippen molar-refractivity contribution in [3.05, 3.63) is 160 Å². The van der Waals surface area contributed by atoms with Crippen LogP contribution in [0, 0.1) is 0 Å². The molecule has 3 aromatic heterocycles. The molecule has 0 N–H and O–H groups in total. The van der Waals surface area contributed by atoms with Gasteiger partial charge in [0.15, 0.2) is 23.3 Å². The van der Waals surface area contributed by atoms with Crippen LogP contribution in [0.4, 0.5) is 11.6 Å². The molecule has 0 fully saturated rings. The van der Waals surface area contributed by atoms with Crippen LogP contribution >= 0.6 is 0 Å². The van der Waals surface area contributed by atoms with Gasteiger partial charge in [-0.15, -0.1) is 0 Å². The van der Waals surface area contributed by atoms with Crippen LogP contribution in [-0.2, 0) is 3.79 Å². The summed E-state index contributed by atoms with van der Waals surface area (Å²) in [6.07, 6.45) is 3.16. The summed E-state index contributed by atoms with van der Waals surface area (Å²) in [5.41, 5.74) is 4.96. The number of benzene rings is 4. The highest BCUT2D eigenvalue weighted by Crippen LogP contribution is 2.41. The Morgan fingerprint density at radius 3 is 1.38 bits per heavy atom. The van der Waals surface area contributed by atoms with Crippen LogP contribution < -0.4 is 11.0 Å². The van der Waals surface area contributed by atoms with Crippen molar-refractivity contribution in [2.75, 3.05) is 0 Å². The first-order chi connectivity index (χ1) is 24.7. The van der Waals surface area contributed by atoms with Gasteiger partial charge in [0.2, 0.25) is 0 Å². The minimum atomic E-state index is -3.31. The molecule has 0 saturated carbocycles. The van der Waals surface area contributed by atoms with Gasteiger partial charge in [0.1, 0.15) is 22.6 Å². The van der Waals surface area contributed by atoms with E-state index in [1.54, 1.807) is 24.5 Å². The number of pyridine rings is 1. The largest absolute Gasteiger partial charge is 0.904 e. The highest BCUT2D eigenvalue weighted by atomic mass is 27.2. The smallest absolute Gasteiger partial charge is 0.579 e. The summed E-state index contributed by atoms with van der Waals surface area (Å²) in [4.78, 5) is 49.5. The Kier molecular flexibility index (Phi) is 5.58. The van der Waals surface area contributed by atoms with Crippen LogP contribution in [0.2, 0.25) is 0 Å². The molecule has 7 heterocycles. The maximum Gasteiger partial charge on any atom is 0.904 e. The third-order valence-corrected chi connectivity index (χ3v) is 11.7. The van der Waals surface area contributed by atoms with Crippen molar-refractivity contribution in [1.82, 2.24) is 12.1 Å². The molecule has 0 saturated heterocycles. The lowest BCUT2D eigenvalue weighted by Gasteiger charge is -2.19. The molecule has 11 rings (SSSR count). The molecule has 4 aliphatic heterocycles. The first kappa shape index (κ1) is 27.4. The quantitative estimate of drug-likeness (QED) is 0.238. The van der Waals surface area contributed by atoms with E-state index < -0.39 is 20.9 Å². The Balaban J connectivity index is 1.38. The Labute approximate surface area is 287 Å². The van der Waals surface area contributed by atoms with Crippen LogP contribution in [0.5, 0.6) is 0 Å². The van der Waals surface area contributed by atoms with E-state index in [2.05, 4.69) is 4.98 Å². The summed E-state index contributed by atoms with van der Waals surface area (Å²) in [6.45, 7) is 0. The molecule has 11 nitrogen and oxygen atoms in total. The number of rotatable bonds is 2. The first-order valence-corrected chi connectivity index (χ1v) is 17.6. The van der Waals surface area contributed by atoms with Crippen molar-refractivity contribution in [2.45, 2.75) is 0 Å². The monoisotopic (exact) mass is 661 g/mol. The topological polar surface area (TPSA) is 123 Å². The molecule has 0 spiro atoms. The first-order valence-electron chi connectivity index (χ1n) is 16.1. The third kappa shape index (κ3) is 3.80. The Hall–Kier alpha value is -6.61. The summed E-state index contributed by atoms with van der Waals surface area (Å²) in [5, 5.41) is 3.34. The molecule has 0 amide bonds. The Morgan fingerprint density at radius 1 is 0.480 bits per heavy atom. The van der Waals surface area contributed by atoms with Gasteiger partial charge in [0, 0.05) is 56.2 Å². The number of fused-ring (bicyclic) bond motifs is 14. The summed E-state index contributed by atoms with van der Waals surface area (Å²) < 4.78 is 10.8. The van der Waals surface area contributed by atoms with Crippen LogP contribution in [0.1, 0.15) is 32.6 Å². The van der Waals surface area contributed by atoms with Gasteiger partial charge < -0.3 is 10.9 Å². The fourth-order valence-corrected chi connectivity index (χ4v) is 9.54. The highest BCUT2D eigenvalue weighted by Gasteiger charge is 2.46. The van der Waals surface area contributed by atoms with Crippen molar-refractivity contribution in [2.24, 2.45) is 30.0 Å². The average molecular weight is 662 g/mol. The molecular weight excluding hydrogens is 641 g/mol. The maximum absolute atomic E-state index is 14.2. The molecule has 0 atom stereocenters. The number of hydrogen-bond donors (Lipinski definition) is 0. The fourth-order valence-electron chi connectivity index (χ4n) is 7.14. The molecule has 0 aliphatic carbocycles. The van der Waals surface area contributed by atoms with Crippen LogP contribution in [0.25, 0.3) is 21.5 Å². The number of hydrogen-bond acceptors (Lipinski definition) is 9. The lowest BCUT2D eigenvalue weighted by atomic mass is 10.1. The van der Waals surface area contributed by atoms with E-state index in [-0.39, 0.29) is 0 Å². The summed E-state index contributed by atoms with van der Waals surface area (Å²) in [6, 6.07) is 35.2. The Morgan fingerprint density at radius 2 is 0.900 bits per heavy atom. The van der Waals surface area contributed by atoms with Crippen LogP contribution in [-0.4, -0.2) is 56.3 Å². The predicted molar refractivity (Wildman–Crippen MR) is 191 cm³/mol. The Bertz CT molecular complexity index is 2770. The van der Waals surface area contributed by atoms with Gasteiger partial charge in [-0.1, -0.05) is 97.1 Å². The average Bonchev–Trinajstić information content (AvgIpc) is 3.87. The summed E-state index contributed by atoms with van der Waals surface area (Å²) >= 11 is -3.31. The fraction of sp³-hybridized carbons (Fsp3) is 0. The second-order valence-electron chi connectivity index (χ2n) is 12.1. The van der Waals surface area contributed by atoms with E-state index in [1.165, 1.54) is 0 Å². The van der Waals surface area contributed by atoms with Gasteiger partial charge in [0.05, 0.1) is 5.56 Å². The number of carbonyl (C=O) groups excluding carboxylic acids is 1. The number of amidine groups is 4. The minimum Gasteiger partial charge on any atom is -0.579 e. The maximum atomic E-state index is 14.2. The lowest BCUT2D eigenvalue weighted by molar-refractivity contribution is 0.0723. The van der Waals surface area contributed by atoms with Gasteiger partial charge >= 0.3 is 20.9 Å². The van der Waals surface area contributed by atoms with E-state index in [9.17, 15) is 4.79 Å². The van der Waals surface area contributed by atoms with E-state index in [0.29, 0.717) is 51.5 Å². The van der Waals surface area contributed by atoms with E-state index >= 15 is 0 Å². The van der Waals surface area contributed by atoms with Crippen molar-refractivity contribution < 1.29 is 8.58 Å². The van der Waals surface area contributed by atoms with E-state index in [1.807, 2.05) is 104 Å². The van der Waals surface area contributed by atoms with Gasteiger partial charge in [-0.25, -0.2) is 34.7 Å². The van der Waals surface area contributed by atoms with Crippen LogP contribution in [0.3, 0.4) is 0 Å². The standard InChI is InChI=1S/C32H16N8.C6H5NO2.Al/c1-2-10-18-17(9-1)25-33-26(18)38-28-21-13-5-6-14-22(21)30(35-28)40-32-24-16-8-7-15-23(24)31(36-32)39-29-20-12-4-3-11-19(20)27(34-29)37-25;8-6(9)5-1-3-7-4-2-5;/h1-16H;1-4H,(H,8,9);/q-2;;+3/p-1. The molecule has 232 valence electrons. The van der Waals surface area contributed by atoms with Gasteiger partial charge in [-0.3, -0.25) is 4.98 Å². The van der Waals surface area contributed by atoms with Gasteiger partial charge in [0.25, 0.3) is 0 Å². The minimum absolute atomic E-state index is 0.372. The van der Waals surface area contributed by atoms with Crippen molar-refractivity contribution in [1.29, 1.82) is 0 Å². The number of nitrogens with zero attached hydrogens (tertiary/aromatic N) is 9. The molecule has 50 heavy (non-hydrogen) atoms. The number of carbonyl (C=O) groups is 1. The van der Waals surface area contributed by atoms with Gasteiger partial charge in [-0.05, 0) is 12.1 Å². The number of aliphatic imine (C=N–C) groups is 4. The third-order valence-electron chi connectivity index (χ3n) is 9.39. The van der Waals surface area contributed by atoms with E-state index in [4.69, 9.17) is 33.7 Å². The molecule has 12 heteroatoms. The molecular formula is C38H20AlN9O2. The van der Waals surface area contributed by atoms with Crippen LogP contribution in [0.15, 0.2) is 152 Å². The van der Waals surface area contributed by atoms with Crippen molar-refractivity contribution in [3.63, 3.8) is 0 Å². The second-order valence-corrected chi connectivity index (χ2v) is 14.1. The normalized spacial score (nSPS) is 14.8. The molecule has 7 aromatic rings. The zero-order valence-corrected chi connectivity index (χ0v) is 27.1. The van der Waals surface area contributed by atoms with E-state index in [0.717, 1.165) is 43.8 Å².